The van der Waals surface area contributed by atoms with Gasteiger partial charge in [-0.05, 0) is 49.8 Å². The maximum absolute atomic E-state index is 12.4. The Morgan fingerprint density at radius 1 is 1.32 bits per heavy atom. The van der Waals surface area contributed by atoms with E-state index in [0.717, 1.165) is 64.2 Å². The zero-order valence-electron chi connectivity index (χ0n) is 15.2. The zero-order chi connectivity index (χ0) is 17.6. The third-order valence-corrected chi connectivity index (χ3v) is 5.44. The van der Waals surface area contributed by atoms with Crippen LogP contribution in [0.2, 0.25) is 0 Å². The minimum atomic E-state index is 0.319. The highest BCUT2D eigenvalue weighted by Gasteiger charge is 2.38. The first-order valence-corrected chi connectivity index (χ1v) is 9.55. The summed E-state index contributed by atoms with van der Waals surface area (Å²) in [5.41, 5.74) is 1.15. The van der Waals surface area contributed by atoms with Gasteiger partial charge in [0.25, 0.3) is 0 Å². The van der Waals surface area contributed by atoms with Gasteiger partial charge < -0.3 is 14.7 Å². The summed E-state index contributed by atoms with van der Waals surface area (Å²) in [6, 6.07) is 7.91. The number of phenols is 1. The van der Waals surface area contributed by atoms with Crippen LogP contribution in [-0.2, 0) is 16.1 Å². The van der Waals surface area contributed by atoms with Crippen molar-refractivity contribution in [3.05, 3.63) is 29.8 Å². The first kappa shape index (κ1) is 18.2. The second-order valence-corrected chi connectivity index (χ2v) is 7.20. The van der Waals surface area contributed by atoms with Crippen LogP contribution in [0.4, 0.5) is 0 Å². The van der Waals surface area contributed by atoms with Gasteiger partial charge in [-0.3, -0.25) is 9.69 Å². The van der Waals surface area contributed by atoms with Gasteiger partial charge in [-0.25, -0.2) is 0 Å². The molecule has 138 valence electrons. The highest BCUT2D eigenvalue weighted by molar-refractivity contribution is 5.77. The number of aromatic hydroxyl groups is 1. The average molecular weight is 346 g/mol. The van der Waals surface area contributed by atoms with Crippen LogP contribution in [0.25, 0.3) is 0 Å². The van der Waals surface area contributed by atoms with E-state index in [1.807, 2.05) is 19.1 Å². The first-order chi connectivity index (χ1) is 12.2. The summed E-state index contributed by atoms with van der Waals surface area (Å²) in [6.07, 6.45) is 3.65. The van der Waals surface area contributed by atoms with Gasteiger partial charge in [0.05, 0.1) is 0 Å². The fourth-order valence-electron chi connectivity index (χ4n) is 4.26. The summed E-state index contributed by atoms with van der Waals surface area (Å²) in [6.45, 7) is 7.22. The summed E-state index contributed by atoms with van der Waals surface area (Å²) in [5, 5.41) is 9.64. The Bertz CT molecular complexity index is 578. The number of likely N-dealkylation sites (tertiary alicyclic amines) is 2. The van der Waals surface area contributed by atoms with Gasteiger partial charge in [0.2, 0.25) is 5.91 Å². The lowest BCUT2D eigenvalue weighted by atomic mass is 9.83. The lowest BCUT2D eigenvalue weighted by Crippen LogP contribution is -2.56. The molecule has 0 unspecified atom stereocenters. The van der Waals surface area contributed by atoms with Gasteiger partial charge >= 0.3 is 0 Å². The fourth-order valence-corrected chi connectivity index (χ4v) is 4.26. The molecule has 1 aromatic rings. The van der Waals surface area contributed by atoms with E-state index in [2.05, 4.69) is 15.9 Å². The van der Waals surface area contributed by atoms with E-state index in [-0.39, 0.29) is 0 Å². The molecule has 5 nitrogen and oxygen atoms in total. The number of hydrogen-bond acceptors (Lipinski definition) is 4. The van der Waals surface area contributed by atoms with Crippen molar-refractivity contribution in [1.82, 2.24) is 9.80 Å². The molecule has 2 aliphatic rings. The molecule has 3 rings (SSSR count). The Labute approximate surface area is 150 Å². The van der Waals surface area contributed by atoms with Crippen LogP contribution in [-0.4, -0.2) is 59.7 Å². The Balaban J connectivity index is 1.55. The molecule has 0 aromatic heterocycles. The summed E-state index contributed by atoms with van der Waals surface area (Å²) >= 11 is 0. The van der Waals surface area contributed by atoms with E-state index >= 15 is 0 Å². The molecular weight excluding hydrogens is 316 g/mol. The molecule has 0 bridgehead atoms. The van der Waals surface area contributed by atoms with Gasteiger partial charge in [0.1, 0.15) is 5.75 Å². The first-order valence-electron chi connectivity index (χ1n) is 9.55. The van der Waals surface area contributed by atoms with E-state index < -0.39 is 0 Å². The molecule has 0 aliphatic carbocycles. The minimum absolute atomic E-state index is 0.319. The quantitative estimate of drug-likeness (QED) is 0.771. The highest BCUT2D eigenvalue weighted by atomic mass is 16.5. The monoisotopic (exact) mass is 346 g/mol. The second kappa shape index (κ2) is 8.68. The number of carbonyl (C=O) groups excluding carboxylic acids is 1. The van der Waals surface area contributed by atoms with Gasteiger partial charge in [0.15, 0.2) is 0 Å². The topological polar surface area (TPSA) is 53.0 Å². The SMILES string of the molecule is CCOCCCN1C(=O)CC[C@@H]2CN(Cc3cccc(O)c3)CC[C@@H]21. The van der Waals surface area contributed by atoms with Gasteiger partial charge in [-0.1, -0.05) is 12.1 Å². The lowest BCUT2D eigenvalue weighted by molar-refractivity contribution is -0.141. The molecule has 2 heterocycles. The number of fused-ring (bicyclic) bond motifs is 1. The minimum Gasteiger partial charge on any atom is -0.508 e. The van der Waals surface area contributed by atoms with Gasteiger partial charge in [0, 0.05) is 51.9 Å². The molecule has 25 heavy (non-hydrogen) atoms. The van der Waals surface area contributed by atoms with Crippen molar-refractivity contribution in [2.45, 2.75) is 45.2 Å². The smallest absolute Gasteiger partial charge is 0.222 e. The average Bonchev–Trinajstić information content (AvgIpc) is 2.60. The van der Waals surface area contributed by atoms with Crippen LogP contribution in [0.1, 0.15) is 38.2 Å². The molecule has 5 heteroatoms. The predicted molar refractivity (Wildman–Crippen MR) is 97.3 cm³/mol. The summed E-state index contributed by atoms with van der Waals surface area (Å²) in [5.74, 6) is 1.21. The molecule has 1 N–H and O–H groups in total. The van der Waals surface area contributed by atoms with Crippen LogP contribution in [0.3, 0.4) is 0 Å². The fraction of sp³-hybridized carbons (Fsp3) is 0.650. The van der Waals surface area contributed by atoms with E-state index in [4.69, 9.17) is 4.74 Å². The summed E-state index contributed by atoms with van der Waals surface area (Å²) < 4.78 is 5.42. The lowest BCUT2D eigenvalue weighted by Gasteiger charge is -2.47. The van der Waals surface area contributed by atoms with Crippen LogP contribution < -0.4 is 0 Å². The number of piperidine rings is 2. The van der Waals surface area contributed by atoms with Crippen LogP contribution in [0.5, 0.6) is 5.75 Å². The summed E-state index contributed by atoms with van der Waals surface area (Å²) in [4.78, 5) is 17.0. The molecule has 2 fully saturated rings. The van der Waals surface area contributed by atoms with Crippen LogP contribution in [0, 0.1) is 5.92 Å². The molecule has 2 atom stereocenters. The number of ether oxygens (including phenoxy) is 1. The van der Waals surface area contributed by atoms with Crippen molar-refractivity contribution >= 4 is 5.91 Å². The largest absolute Gasteiger partial charge is 0.508 e. The second-order valence-electron chi connectivity index (χ2n) is 7.20. The number of rotatable bonds is 7. The molecule has 1 amide bonds. The molecule has 0 spiro atoms. The highest BCUT2D eigenvalue weighted by Crippen LogP contribution is 2.32. The van der Waals surface area contributed by atoms with Crippen molar-refractivity contribution in [3.8, 4) is 5.75 Å². The van der Waals surface area contributed by atoms with Crippen LogP contribution >= 0.6 is 0 Å². The van der Waals surface area contributed by atoms with E-state index in [0.29, 0.717) is 30.0 Å². The molecule has 1 aromatic carbocycles. The van der Waals surface area contributed by atoms with Crippen molar-refractivity contribution in [2.24, 2.45) is 5.92 Å². The van der Waals surface area contributed by atoms with E-state index in [1.165, 1.54) is 0 Å². The van der Waals surface area contributed by atoms with E-state index in [9.17, 15) is 9.90 Å². The van der Waals surface area contributed by atoms with Crippen molar-refractivity contribution < 1.29 is 14.6 Å². The van der Waals surface area contributed by atoms with Crippen molar-refractivity contribution in [2.75, 3.05) is 32.8 Å². The van der Waals surface area contributed by atoms with Gasteiger partial charge in [-0.2, -0.15) is 0 Å². The number of phenolic OH excluding ortho intramolecular Hbond substituents is 1. The van der Waals surface area contributed by atoms with Crippen LogP contribution in [0.15, 0.2) is 24.3 Å². The Morgan fingerprint density at radius 3 is 3.00 bits per heavy atom. The predicted octanol–water partition coefficient (Wildman–Crippen LogP) is 2.63. The number of nitrogens with zero attached hydrogens (tertiary/aromatic N) is 2. The Morgan fingerprint density at radius 2 is 2.20 bits per heavy atom. The number of amides is 1. The molecule has 0 saturated carbocycles. The van der Waals surface area contributed by atoms with Gasteiger partial charge in [-0.15, -0.1) is 0 Å². The normalized spacial score (nSPS) is 24.4. The maximum atomic E-state index is 12.4. The number of carbonyl (C=O) groups is 1. The molecular formula is C20H30N2O3. The van der Waals surface area contributed by atoms with E-state index in [1.54, 1.807) is 6.07 Å². The number of hydrogen-bond donors (Lipinski definition) is 1. The molecule has 2 saturated heterocycles. The Hall–Kier alpha value is -1.59. The standard InChI is InChI=1S/C20H30N2O3/c1-2-25-12-4-10-22-19-9-11-21(15-17(19)7-8-20(22)24)14-16-5-3-6-18(23)13-16/h3,5-6,13,17,19,23H,2,4,7-12,14-15H2,1H3/t17-,19+/m1/s1. The Kier molecular flexibility index (Phi) is 6.32. The van der Waals surface area contributed by atoms with Crippen molar-refractivity contribution in [1.29, 1.82) is 0 Å². The molecule has 0 radical (unpaired) electrons. The zero-order valence-corrected chi connectivity index (χ0v) is 15.2. The summed E-state index contributed by atoms with van der Waals surface area (Å²) in [7, 11) is 0. The van der Waals surface area contributed by atoms with Crippen molar-refractivity contribution in [3.63, 3.8) is 0 Å². The number of benzene rings is 1. The third-order valence-electron chi connectivity index (χ3n) is 5.44. The maximum Gasteiger partial charge on any atom is 0.222 e. The third kappa shape index (κ3) is 4.73. The molecule has 2 aliphatic heterocycles.